The summed E-state index contributed by atoms with van der Waals surface area (Å²) in [6.45, 7) is 4.26. The van der Waals surface area contributed by atoms with Crippen LogP contribution in [0.2, 0.25) is 0 Å². The van der Waals surface area contributed by atoms with Gasteiger partial charge < -0.3 is 21.1 Å². The fourth-order valence-corrected chi connectivity index (χ4v) is 1.84. The molecular formula is C14H23N3O2. The molecule has 1 atom stereocenters. The first-order valence-electron chi connectivity index (χ1n) is 6.52. The monoisotopic (exact) mass is 265 g/mol. The van der Waals surface area contributed by atoms with E-state index in [2.05, 4.69) is 17.6 Å². The van der Waals surface area contributed by atoms with Gasteiger partial charge in [-0.3, -0.25) is 4.79 Å². The molecule has 1 unspecified atom stereocenters. The topological polar surface area (TPSA) is 76.4 Å². The highest BCUT2D eigenvalue weighted by Gasteiger charge is 2.07. The minimum atomic E-state index is -0.0983. The lowest BCUT2D eigenvalue weighted by Crippen LogP contribution is -2.28. The van der Waals surface area contributed by atoms with Crippen LogP contribution < -0.4 is 21.1 Å². The Morgan fingerprint density at radius 1 is 1.47 bits per heavy atom. The van der Waals surface area contributed by atoms with Crippen molar-refractivity contribution in [1.29, 1.82) is 0 Å². The number of carbonyl (C=O) groups is 1. The van der Waals surface area contributed by atoms with E-state index < -0.39 is 0 Å². The second-order valence-electron chi connectivity index (χ2n) is 4.53. The normalized spacial score (nSPS) is 11.8. The number of hydrogen-bond acceptors (Lipinski definition) is 4. The molecule has 1 aromatic carbocycles. The molecule has 0 aliphatic carbocycles. The number of hydrogen-bond donors (Lipinski definition) is 3. The van der Waals surface area contributed by atoms with Gasteiger partial charge in [-0.05, 0) is 24.6 Å². The number of anilines is 2. The summed E-state index contributed by atoms with van der Waals surface area (Å²) in [5.74, 6) is 0.636. The van der Waals surface area contributed by atoms with E-state index >= 15 is 0 Å². The van der Waals surface area contributed by atoms with E-state index in [1.807, 2.05) is 12.1 Å². The molecule has 0 aromatic heterocycles. The molecule has 0 aliphatic rings. The van der Waals surface area contributed by atoms with Crippen molar-refractivity contribution < 1.29 is 9.53 Å². The smallest absolute Gasteiger partial charge is 0.221 e. The van der Waals surface area contributed by atoms with Crippen LogP contribution in [-0.2, 0) is 4.79 Å². The number of benzene rings is 1. The first kappa shape index (κ1) is 15.3. The third kappa shape index (κ3) is 5.18. The van der Waals surface area contributed by atoms with Crippen molar-refractivity contribution in [1.82, 2.24) is 0 Å². The molecule has 5 heteroatoms. The van der Waals surface area contributed by atoms with Crippen LogP contribution >= 0.6 is 0 Å². The molecule has 0 radical (unpaired) electrons. The Kier molecular flexibility index (Phi) is 6.15. The average molecular weight is 265 g/mol. The fourth-order valence-electron chi connectivity index (χ4n) is 1.84. The molecule has 0 saturated carbocycles. The number of nitrogens with one attached hydrogen (secondary N) is 2. The molecule has 0 fully saturated rings. The quantitative estimate of drug-likeness (QED) is 0.706. The van der Waals surface area contributed by atoms with Gasteiger partial charge in [0.05, 0.1) is 12.8 Å². The van der Waals surface area contributed by atoms with Gasteiger partial charge in [-0.15, -0.1) is 0 Å². The van der Waals surface area contributed by atoms with E-state index in [9.17, 15) is 4.79 Å². The molecular weight excluding hydrogens is 242 g/mol. The summed E-state index contributed by atoms with van der Waals surface area (Å²) in [7, 11) is 1.62. The number of methoxy groups -OCH3 is 1. The lowest BCUT2D eigenvalue weighted by atomic mass is 10.1. The predicted octanol–water partition coefficient (Wildman–Crippen LogP) is 2.19. The third-order valence-corrected chi connectivity index (χ3v) is 2.73. The Hall–Kier alpha value is -1.75. The van der Waals surface area contributed by atoms with Gasteiger partial charge in [0.2, 0.25) is 5.91 Å². The van der Waals surface area contributed by atoms with Crippen LogP contribution in [0.5, 0.6) is 5.75 Å². The summed E-state index contributed by atoms with van der Waals surface area (Å²) in [5.41, 5.74) is 7.54. The molecule has 0 heterocycles. The van der Waals surface area contributed by atoms with Gasteiger partial charge in [-0.25, -0.2) is 0 Å². The van der Waals surface area contributed by atoms with Gasteiger partial charge in [0.15, 0.2) is 0 Å². The zero-order valence-electron chi connectivity index (χ0n) is 11.8. The van der Waals surface area contributed by atoms with Crippen LogP contribution in [0.4, 0.5) is 11.4 Å². The summed E-state index contributed by atoms with van der Waals surface area (Å²) < 4.78 is 5.28. The van der Waals surface area contributed by atoms with E-state index in [-0.39, 0.29) is 11.9 Å². The first-order valence-corrected chi connectivity index (χ1v) is 6.52. The van der Waals surface area contributed by atoms with Crippen molar-refractivity contribution >= 4 is 17.3 Å². The maximum absolute atomic E-state index is 11.0. The highest BCUT2D eigenvalue weighted by molar-refractivity contribution is 5.89. The van der Waals surface area contributed by atoms with Crippen LogP contribution in [0.15, 0.2) is 18.2 Å². The van der Waals surface area contributed by atoms with Gasteiger partial charge in [0.1, 0.15) is 5.75 Å². The summed E-state index contributed by atoms with van der Waals surface area (Å²) >= 11 is 0. The van der Waals surface area contributed by atoms with Crippen molar-refractivity contribution in [3.63, 3.8) is 0 Å². The van der Waals surface area contributed by atoms with E-state index in [0.717, 1.165) is 30.0 Å². The molecule has 19 heavy (non-hydrogen) atoms. The maximum atomic E-state index is 11.0. The van der Waals surface area contributed by atoms with Crippen molar-refractivity contribution in [2.75, 3.05) is 24.3 Å². The second kappa shape index (κ2) is 7.63. The summed E-state index contributed by atoms with van der Waals surface area (Å²) in [6.07, 6.45) is 2.03. The SMILES string of the molecule is CCCC(N)CNc1cc(NC(C)=O)ccc1OC. The highest BCUT2D eigenvalue weighted by atomic mass is 16.5. The Balaban J connectivity index is 2.75. The largest absolute Gasteiger partial charge is 0.495 e. The molecule has 1 amide bonds. The van der Waals surface area contributed by atoms with Crippen molar-refractivity contribution in [2.45, 2.75) is 32.7 Å². The standard InChI is InChI=1S/C14H23N3O2/c1-4-5-11(15)9-16-13-8-12(17-10(2)18)6-7-14(13)19-3/h6-8,11,16H,4-5,9,15H2,1-3H3,(H,17,18). The van der Waals surface area contributed by atoms with Crippen molar-refractivity contribution in [3.8, 4) is 5.75 Å². The van der Waals surface area contributed by atoms with Crippen LogP contribution in [0.1, 0.15) is 26.7 Å². The first-order chi connectivity index (χ1) is 9.06. The molecule has 1 rings (SSSR count). The lowest BCUT2D eigenvalue weighted by molar-refractivity contribution is -0.114. The molecule has 5 nitrogen and oxygen atoms in total. The fraction of sp³-hybridized carbons (Fsp3) is 0.500. The number of rotatable bonds is 7. The van der Waals surface area contributed by atoms with Crippen LogP contribution in [-0.4, -0.2) is 25.6 Å². The molecule has 0 spiro atoms. The van der Waals surface area contributed by atoms with Gasteiger partial charge in [-0.1, -0.05) is 13.3 Å². The summed E-state index contributed by atoms with van der Waals surface area (Å²) in [6, 6.07) is 5.58. The average Bonchev–Trinajstić information content (AvgIpc) is 2.36. The third-order valence-electron chi connectivity index (χ3n) is 2.73. The van der Waals surface area contributed by atoms with Crippen molar-refractivity contribution in [2.24, 2.45) is 5.73 Å². The summed E-state index contributed by atoms with van der Waals surface area (Å²) in [4.78, 5) is 11.0. The van der Waals surface area contributed by atoms with Crippen LogP contribution in [0.25, 0.3) is 0 Å². The van der Waals surface area contributed by atoms with Crippen LogP contribution in [0.3, 0.4) is 0 Å². The molecule has 1 aromatic rings. The van der Waals surface area contributed by atoms with E-state index in [1.165, 1.54) is 6.92 Å². The predicted molar refractivity (Wildman–Crippen MR) is 78.7 cm³/mol. The second-order valence-corrected chi connectivity index (χ2v) is 4.53. The number of nitrogens with two attached hydrogens (primary N) is 1. The minimum absolute atomic E-state index is 0.0983. The zero-order valence-corrected chi connectivity index (χ0v) is 11.8. The Morgan fingerprint density at radius 3 is 2.79 bits per heavy atom. The van der Waals surface area contributed by atoms with Crippen molar-refractivity contribution in [3.05, 3.63) is 18.2 Å². The molecule has 4 N–H and O–H groups in total. The Bertz CT molecular complexity index is 421. The molecule has 0 bridgehead atoms. The Labute approximate surface area is 114 Å². The number of amides is 1. The Morgan fingerprint density at radius 2 is 2.21 bits per heavy atom. The van der Waals surface area contributed by atoms with Gasteiger partial charge in [0.25, 0.3) is 0 Å². The maximum Gasteiger partial charge on any atom is 0.221 e. The number of carbonyl (C=O) groups excluding carboxylic acids is 1. The molecule has 0 saturated heterocycles. The van der Waals surface area contributed by atoms with Gasteiger partial charge in [-0.2, -0.15) is 0 Å². The van der Waals surface area contributed by atoms with Crippen LogP contribution in [0, 0.1) is 0 Å². The summed E-state index contributed by atoms with van der Waals surface area (Å²) in [5, 5.41) is 6.00. The zero-order chi connectivity index (χ0) is 14.3. The van der Waals surface area contributed by atoms with E-state index in [1.54, 1.807) is 13.2 Å². The highest BCUT2D eigenvalue weighted by Crippen LogP contribution is 2.27. The van der Waals surface area contributed by atoms with Gasteiger partial charge in [0, 0.05) is 25.2 Å². The number of ether oxygens (including phenoxy) is 1. The van der Waals surface area contributed by atoms with Gasteiger partial charge >= 0.3 is 0 Å². The molecule has 106 valence electrons. The van der Waals surface area contributed by atoms with E-state index in [4.69, 9.17) is 10.5 Å². The minimum Gasteiger partial charge on any atom is -0.495 e. The van der Waals surface area contributed by atoms with E-state index in [0.29, 0.717) is 6.54 Å². The molecule has 0 aliphatic heterocycles. The lowest BCUT2D eigenvalue weighted by Gasteiger charge is -2.16.